The Kier molecular flexibility index (Phi) is 4.60. The minimum absolute atomic E-state index is 0.312. The lowest BCUT2D eigenvalue weighted by molar-refractivity contribution is 0.184. The number of benzene rings is 2. The summed E-state index contributed by atoms with van der Waals surface area (Å²) in [5, 5.41) is 0. The lowest BCUT2D eigenvalue weighted by Crippen LogP contribution is -1.96. The van der Waals surface area contributed by atoms with Gasteiger partial charge in [0, 0.05) is 13.2 Å². The van der Waals surface area contributed by atoms with Crippen LogP contribution in [0.5, 0.6) is 11.5 Å². The molecule has 2 rings (SSSR count). The summed E-state index contributed by atoms with van der Waals surface area (Å²) in [7, 11) is 1.63. The molecule has 100 valence electrons. The van der Waals surface area contributed by atoms with Crippen LogP contribution >= 0.6 is 22.6 Å². The molecule has 0 amide bonds. The van der Waals surface area contributed by atoms with E-state index in [-0.39, 0.29) is 5.82 Å². The van der Waals surface area contributed by atoms with Crippen LogP contribution in [-0.2, 0) is 11.3 Å². The minimum Gasteiger partial charge on any atom is -0.455 e. The molecule has 0 aromatic heterocycles. The van der Waals surface area contributed by atoms with Gasteiger partial charge in [-0.25, -0.2) is 4.39 Å². The van der Waals surface area contributed by atoms with Crippen molar-refractivity contribution in [1.29, 1.82) is 0 Å². The maximum absolute atomic E-state index is 13.5. The van der Waals surface area contributed by atoms with Crippen molar-refractivity contribution >= 4 is 28.3 Å². The number of nitrogens with two attached hydrogens (primary N) is 1. The number of halogens is 2. The van der Waals surface area contributed by atoms with Crippen LogP contribution in [0.15, 0.2) is 36.4 Å². The Hall–Kier alpha value is -1.34. The normalized spacial score (nSPS) is 10.5. The number of methoxy groups -OCH3 is 1. The fourth-order valence-corrected chi connectivity index (χ4v) is 2.12. The third kappa shape index (κ3) is 3.57. The van der Waals surface area contributed by atoms with Gasteiger partial charge in [0.2, 0.25) is 0 Å². The van der Waals surface area contributed by atoms with Crippen molar-refractivity contribution in [3.8, 4) is 11.5 Å². The van der Waals surface area contributed by atoms with E-state index >= 15 is 0 Å². The van der Waals surface area contributed by atoms with Crippen LogP contribution in [0.4, 0.5) is 10.1 Å². The van der Waals surface area contributed by atoms with Gasteiger partial charge >= 0.3 is 0 Å². The van der Waals surface area contributed by atoms with Gasteiger partial charge in [0.1, 0.15) is 11.6 Å². The van der Waals surface area contributed by atoms with Gasteiger partial charge in [0.05, 0.1) is 15.9 Å². The van der Waals surface area contributed by atoms with E-state index in [4.69, 9.17) is 15.2 Å². The van der Waals surface area contributed by atoms with Crippen molar-refractivity contribution < 1.29 is 13.9 Å². The molecule has 3 nitrogen and oxygen atoms in total. The molecule has 0 heterocycles. The monoisotopic (exact) mass is 373 g/mol. The fourth-order valence-electron chi connectivity index (χ4n) is 1.62. The highest BCUT2D eigenvalue weighted by Crippen LogP contribution is 2.30. The lowest BCUT2D eigenvalue weighted by atomic mass is 10.2. The van der Waals surface area contributed by atoms with Crippen LogP contribution in [0.3, 0.4) is 0 Å². The second kappa shape index (κ2) is 6.21. The molecule has 2 N–H and O–H groups in total. The summed E-state index contributed by atoms with van der Waals surface area (Å²) in [6, 6.07) is 10.2. The lowest BCUT2D eigenvalue weighted by Gasteiger charge is -2.10. The van der Waals surface area contributed by atoms with Gasteiger partial charge in [-0.2, -0.15) is 0 Å². The largest absolute Gasteiger partial charge is 0.455 e. The number of nitrogen functional groups attached to an aromatic ring is 1. The van der Waals surface area contributed by atoms with E-state index in [2.05, 4.69) is 0 Å². The molecule has 0 atom stereocenters. The van der Waals surface area contributed by atoms with Crippen molar-refractivity contribution in [2.24, 2.45) is 0 Å². The number of rotatable bonds is 4. The van der Waals surface area contributed by atoms with Gasteiger partial charge in [0.15, 0.2) is 5.75 Å². The van der Waals surface area contributed by atoms with Crippen molar-refractivity contribution in [3.05, 3.63) is 51.3 Å². The maximum Gasteiger partial charge on any atom is 0.153 e. The topological polar surface area (TPSA) is 44.5 Å². The third-order valence-corrected chi connectivity index (χ3v) is 3.32. The smallest absolute Gasteiger partial charge is 0.153 e. The molecule has 0 saturated carbocycles. The van der Waals surface area contributed by atoms with Crippen LogP contribution in [0.25, 0.3) is 0 Å². The number of hydrogen-bond donors (Lipinski definition) is 1. The molecule has 5 heteroatoms. The molecule has 0 saturated heterocycles. The molecule has 0 fully saturated rings. The van der Waals surface area contributed by atoms with Gasteiger partial charge in [-0.15, -0.1) is 0 Å². The maximum atomic E-state index is 13.5. The first-order chi connectivity index (χ1) is 9.10. The Labute approximate surface area is 124 Å². The molecule has 2 aromatic carbocycles. The number of ether oxygens (including phenoxy) is 2. The molecular weight excluding hydrogens is 360 g/mol. The molecule has 19 heavy (non-hydrogen) atoms. The van der Waals surface area contributed by atoms with Gasteiger partial charge in [-0.05, 0) is 46.4 Å². The SMILES string of the molecule is COCc1cccc(Oc2cc(F)c(I)cc2N)c1. The molecule has 0 bridgehead atoms. The molecular formula is C14H13FINO2. The number of hydrogen-bond acceptors (Lipinski definition) is 3. The van der Waals surface area contributed by atoms with Gasteiger partial charge in [-0.3, -0.25) is 0 Å². The fraction of sp³-hybridized carbons (Fsp3) is 0.143. The molecule has 0 aliphatic carbocycles. The minimum atomic E-state index is -0.349. The Morgan fingerprint density at radius 2 is 2.05 bits per heavy atom. The van der Waals surface area contributed by atoms with E-state index in [1.54, 1.807) is 19.2 Å². The summed E-state index contributed by atoms with van der Waals surface area (Å²) in [6.45, 7) is 0.494. The van der Waals surface area contributed by atoms with Crippen molar-refractivity contribution in [3.63, 3.8) is 0 Å². The van der Waals surface area contributed by atoms with Crippen LogP contribution in [-0.4, -0.2) is 7.11 Å². The standard InChI is InChI=1S/C14H13FINO2/c1-18-8-9-3-2-4-10(5-9)19-14-6-11(15)12(16)7-13(14)17/h2-7H,8,17H2,1H3. The highest BCUT2D eigenvalue weighted by Gasteiger charge is 2.08. The average molecular weight is 373 g/mol. The zero-order chi connectivity index (χ0) is 13.8. The van der Waals surface area contributed by atoms with E-state index in [1.165, 1.54) is 6.07 Å². The summed E-state index contributed by atoms with van der Waals surface area (Å²) >= 11 is 1.89. The summed E-state index contributed by atoms with van der Waals surface area (Å²) in [6.07, 6.45) is 0. The van der Waals surface area contributed by atoms with Gasteiger partial charge in [0.25, 0.3) is 0 Å². The number of anilines is 1. The van der Waals surface area contributed by atoms with E-state index in [0.717, 1.165) is 5.56 Å². The molecule has 0 spiro atoms. The summed E-state index contributed by atoms with van der Waals surface area (Å²) in [5.74, 6) is 0.562. The van der Waals surface area contributed by atoms with Gasteiger partial charge in [-0.1, -0.05) is 12.1 Å². The molecule has 2 aromatic rings. The van der Waals surface area contributed by atoms with Crippen LogP contribution < -0.4 is 10.5 Å². The van der Waals surface area contributed by atoms with Crippen molar-refractivity contribution in [2.45, 2.75) is 6.61 Å². The Balaban J connectivity index is 2.25. The van der Waals surface area contributed by atoms with E-state index in [9.17, 15) is 4.39 Å². The van der Waals surface area contributed by atoms with E-state index in [0.29, 0.717) is 27.4 Å². The highest BCUT2D eigenvalue weighted by molar-refractivity contribution is 14.1. The quantitative estimate of drug-likeness (QED) is 0.652. The summed E-state index contributed by atoms with van der Waals surface area (Å²) < 4.78 is 24.6. The molecule has 0 unspecified atom stereocenters. The van der Waals surface area contributed by atoms with Crippen LogP contribution in [0, 0.1) is 9.39 Å². The predicted octanol–water partition coefficient (Wildman–Crippen LogP) is 3.95. The predicted molar refractivity (Wildman–Crippen MR) is 80.8 cm³/mol. The molecule has 0 aliphatic rings. The van der Waals surface area contributed by atoms with Gasteiger partial charge < -0.3 is 15.2 Å². The second-order valence-electron chi connectivity index (χ2n) is 3.99. The van der Waals surface area contributed by atoms with Crippen LogP contribution in [0.2, 0.25) is 0 Å². The highest BCUT2D eigenvalue weighted by atomic mass is 127. The first-order valence-electron chi connectivity index (χ1n) is 5.60. The Bertz CT molecular complexity index is 590. The third-order valence-electron chi connectivity index (χ3n) is 2.49. The first-order valence-corrected chi connectivity index (χ1v) is 6.68. The van der Waals surface area contributed by atoms with Crippen molar-refractivity contribution in [1.82, 2.24) is 0 Å². The van der Waals surface area contributed by atoms with E-state index < -0.39 is 0 Å². The van der Waals surface area contributed by atoms with Crippen molar-refractivity contribution in [2.75, 3.05) is 12.8 Å². The Morgan fingerprint density at radius 3 is 2.79 bits per heavy atom. The average Bonchev–Trinajstić information content (AvgIpc) is 2.37. The zero-order valence-corrected chi connectivity index (χ0v) is 12.5. The Morgan fingerprint density at radius 1 is 1.26 bits per heavy atom. The summed E-state index contributed by atoms with van der Waals surface area (Å²) in [4.78, 5) is 0. The first kappa shape index (κ1) is 14.1. The molecule has 0 aliphatic heterocycles. The molecule has 0 radical (unpaired) electrons. The zero-order valence-electron chi connectivity index (χ0n) is 10.3. The van der Waals surface area contributed by atoms with E-state index in [1.807, 2.05) is 40.8 Å². The van der Waals surface area contributed by atoms with Crippen LogP contribution in [0.1, 0.15) is 5.56 Å². The second-order valence-corrected chi connectivity index (χ2v) is 5.15. The summed E-state index contributed by atoms with van der Waals surface area (Å²) in [5.41, 5.74) is 7.20.